The van der Waals surface area contributed by atoms with Gasteiger partial charge in [-0.3, -0.25) is 9.48 Å². The van der Waals surface area contributed by atoms with Crippen molar-refractivity contribution in [2.45, 2.75) is 25.1 Å². The number of aromatic nitrogens is 2. The number of rotatable bonds is 9. The molecule has 174 valence electrons. The molecule has 0 aliphatic heterocycles. The first kappa shape index (κ1) is 24.1. The molecule has 0 aliphatic rings. The fourth-order valence-corrected chi connectivity index (χ4v) is 3.37. The number of nitrogens with zero attached hydrogens (tertiary/aromatic N) is 2. The first-order chi connectivity index (χ1) is 15.7. The Hall–Kier alpha value is -3.50. The van der Waals surface area contributed by atoms with Crippen LogP contribution in [0.1, 0.15) is 21.5 Å². The van der Waals surface area contributed by atoms with E-state index in [1.165, 1.54) is 36.3 Å². The average molecular weight is 480 g/mol. The lowest BCUT2D eigenvalue weighted by Gasteiger charge is -2.21. The zero-order valence-electron chi connectivity index (χ0n) is 17.3. The number of carbonyl (C=O) groups excluding carboxylic acids is 1. The maximum atomic E-state index is 14.2. The number of ether oxygens (including phenoxy) is 1. The molecule has 3 aromatic rings. The Bertz CT molecular complexity index is 1170. The van der Waals surface area contributed by atoms with Crippen molar-refractivity contribution in [1.82, 2.24) is 15.1 Å². The molecule has 1 heterocycles. The summed E-state index contributed by atoms with van der Waals surface area (Å²) in [5.41, 5.74) is 0.560. The number of carboxylic acid groups (broad SMARTS) is 1. The smallest absolute Gasteiger partial charge is 0.334 e. The number of carboxylic acids is 1. The second kappa shape index (κ2) is 10.4. The lowest BCUT2D eigenvalue weighted by atomic mass is 10.0. The Kier molecular flexibility index (Phi) is 7.62. The molecule has 1 aromatic heterocycles. The number of hydrogen-bond donors (Lipinski definition) is 3. The normalized spacial score (nSPS) is 12.8. The Morgan fingerprint density at radius 1 is 1.18 bits per heavy atom. The van der Waals surface area contributed by atoms with Crippen LogP contribution < -0.4 is 10.1 Å². The van der Waals surface area contributed by atoms with E-state index in [2.05, 4.69) is 10.4 Å². The molecule has 0 saturated carbocycles. The molecule has 1 amide bonds. The second-order valence-electron chi connectivity index (χ2n) is 7.14. The van der Waals surface area contributed by atoms with Crippen LogP contribution in [0, 0.1) is 11.6 Å². The van der Waals surface area contributed by atoms with Gasteiger partial charge >= 0.3 is 5.97 Å². The molecule has 0 aliphatic carbocycles. The number of aliphatic carboxylic acids is 1. The van der Waals surface area contributed by atoms with Crippen LogP contribution in [0.2, 0.25) is 5.02 Å². The van der Waals surface area contributed by atoms with E-state index in [4.69, 9.17) is 16.3 Å². The van der Waals surface area contributed by atoms with Gasteiger partial charge in [-0.05, 0) is 24.1 Å². The van der Waals surface area contributed by atoms with Gasteiger partial charge in [-0.2, -0.15) is 9.49 Å². The van der Waals surface area contributed by atoms with Crippen LogP contribution in [0.5, 0.6) is 5.75 Å². The van der Waals surface area contributed by atoms with Gasteiger partial charge in [-0.25, -0.2) is 9.18 Å². The maximum absolute atomic E-state index is 14.2. The topological polar surface area (TPSA) is 114 Å². The summed E-state index contributed by atoms with van der Waals surface area (Å²) in [6.45, 7) is -0.166. The molecule has 0 radical (unpaired) electrons. The van der Waals surface area contributed by atoms with Crippen molar-refractivity contribution in [3.63, 3.8) is 0 Å². The predicted octanol–water partition coefficient (Wildman–Crippen LogP) is 2.66. The standard InChI is InChI=1S/C22H20ClF2N3O5/c1-33-17-7-6-13(18(24)19(17)25)10-28-11-14(9-26-28)21(30)27-16(20(29)22(31)32)8-12-4-2-3-5-15(12)23/h2-7,9,11,16,20,29H,8,10H2,1H3,(H,27,30)(H,31,32)/t16-,20-/m1/s1. The van der Waals surface area contributed by atoms with Crippen LogP contribution in [0.25, 0.3) is 0 Å². The molecule has 0 fully saturated rings. The van der Waals surface area contributed by atoms with E-state index < -0.39 is 35.7 Å². The number of benzene rings is 2. The van der Waals surface area contributed by atoms with Crippen molar-refractivity contribution in [3.05, 3.63) is 82.1 Å². The molecule has 0 unspecified atom stereocenters. The molecular weight excluding hydrogens is 460 g/mol. The van der Waals surface area contributed by atoms with E-state index in [1.54, 1.807) is 24.3 Å². The van der Waals surface area contributed by atoms with Crippen LogP contribution in [0.15, 0.2) is 48.8 Å². The van der Waals surface area contributed by atoms with E-state index in [-0.39, 0.29) is 29.8 Å². The molecule has 2 atom stereocenters. The van der Waals surface area contributed by atoms with Crippen molar-refractivity contribution >= 4 is 23.5 Å². The number of nitrogens with one attached hydrogen (secondary N) is 1. The van der Waals surface area contributed by atoms with Crippen molar-refractivity contribution in [1.29, 1.82) is 0 Å². The van der Waals surface area contributed by atoms with Gasteiger partial charge in [0.15, 0.2) is 17.7 Å². The Balaban J connectivity index is 1.75. The summed E-state index contributed by atoms with van der Waals surface area (Å²) in [6, 6.07) is 8.06. The lowest BCUT2D eigenvalue weighted by Crippen LogP contribution is -2.48. The van der Waals surface area contributed by atoms with Gasteiger partial charge in [0, 0.05) is 16.8 Å². The second-order valence-corrected chi connectivity index (χ2v) is 7.55. The van der Waals surface area contributed by atoms with Gasteiger partial charge in [0.2, 0.25) is 5.82 Å². The van der Waals surface area contributed by atoms with Crippen LogP contribution in [-0.2, 0) is 17.8 Å². The van der Waals surface area contributed by atoms with Crippen molar-refractivity contribution in [2.24, 2.45) is 0 Å². The van der Waals surface area contributed by atoms with Crippen LogP contribution >= 0.6 is 11.6 Å². The summed E-state index contributed by atoms with van der Waals surface area (Å²) in [7, 11) is 1.22. The van der Waals surface area contributed by atoms with Crippen LogP contribution in [0.3, 0.4) is 0 Å². The van der Waals surface area contributed by atoms with E-state index >= 15 is 0 Å². The Morgan fingerprint density at radius 3 is 2.58 bits per heavy atom. The van der Waals surface area contributed by atoms with Crippen molar-refractivity contribution < 1.29 is 33.3 Å². The monoisotopic (exact) mass is 479 g/mol. The highest BCUT2D eigenvalue weighted by Crippen LogP contribution is 2.23. The third-order valence-electron chi connectivity index (χ3n) is 4.92. The van der Waals surface area contributed by atoms with Gasteiger partial charge in [0.25, 0.3) is 5.91 Å². The highest BCUT2D eigenvalue weighted by Gasteiger charge is 2.29. The highest BCUT2D eigenvalue weighted by atomic mass is 35.5. The molecule has 8 nitrogen and oxygen atoms in total. The first-order valence-corrected chi connectivity index (χ1v) is 10.1. The average Bonchev–Trinajstić information content (AvgIpc) is 3.26. The molecule has 11 heteroatoms. The molecule has 3 N–H and O–H groups in total. The minimum absolute atomic E-state index is 0.0127. The van der Waals surface area contributed by atoms with Crippen LogP contribution in [0.4, 0.5) is 8.78 Å². The van der Waals surface area contributed by atoms with Gasteiger partial charge in [-0.15, -0.1) is 0 Å². The summed E-state index contributed by atoms with van der Waals surface area (Å²) < 4.78 is 34.1. The molecule has 0 saturated heterocycles. The van der Waals surface area contributed by atoms with E-state index in [9.17, 15) is 28.6 Å². The van der Waals surface area contributed by atoms with Gasteiger partial charge in [-0.1, -0.05) is 35.9 Å². The minimum atomic E-state index is -1.89. The van der Waals surface area contributed by atoms with Gasteiger partial charge in [0.1, 0.15) is 0 Å². The molecule has 0 spiro atoms. The first-order valence-electron chi connectivity index (χ1n) is 9.69. The summed E-state index contributed by atoms with van der Waals surface area (Å²) in [6.07, 6.45) is 0.545. The van der Waals surface area contributed by atoms with Gasteiger partial charge < -0.3 is 20.3 Å². The third kappa shape index (κ3) is 5.65. The predicted molar refractivity (Wildman–Crippen MR) is 114 cm³/mol. The number of carbonyl (C=O) groups is 2. The lowest BCUT2D eigenvalue weighted by molar-refractivity contribution is -0.148. The number of aliphatic hydroxyl groups excluding tert-OH is 1. The summed E-state index contributed by atoms with van der Waals surface area (Å²) in [4.78, 5) is 24.0. The summed E-state index contributed by atoms with van der Waals surface area (Å²) in [5.74, 6) is -4.69. The highest BCUT2D eigenvalue weighted by molar-refractivity contribution is 6.31. The zero-order valence-corrected chi connectivity index (χ0v) is 18.1. The Labute approximate surface area is 192 Å². The Morgan fingerprint density at radius 2 is 1.91 bits per heavy atom. The molecule has 33 heavy (non-hydrogen) atoms. The van der Waals surface area contributed by atoms with Gasteiger partial charge in [0.05, 0.1) is 31.5 Å². The van der Waals surface area contributed by atoms with Crippen molar-refractivity contribution in [3.8, 4) is 5.75 Å². The zero-order chi connectivity index (χ0) is 24.1. The van der Waals surface area contributed by atoms with E-state index in [0.29, 0.717) is 10.6 Å². The number of methoxy groups -OCH3 is 1. The summed E-state index contributed by atoms with van der Waals surface area (Å²) in [5, 5.41) is 26.1. The number of hydrogen-bond acceptors (Lipinski definition) is 5. The van der Waals surface area contributed by atoms with E-state index in [1.807, 2.05) is 0 Å². The molecule has 0 bridgehead atoms. The largest absolute Gasteiger partial charge is 0.494 e. The maximum Gasteiger partial charge on any atom is 0.334 e. The summed E-state index contributed by atoms with van der Waals surface area (Å²) >= 11 is 6.11. The number of aliphatic hydroxyl groups is 1. The third-order valence-corrected chi connectivity index (χ3v) is 5.29. The molecular formula is C22H20ClF2N3O5. The quantitative estimate of drug-likeness (QED) is 0.435. The molecule has 3 rings (SSSR count). The number of amides is 1. The number of halogens is 3. The fraction of sp³-hybridized carbons (Fsp3) is 0.227. The SMILES string of the molecule is COc1ccc(Cn2cc(C(=O)N[C@H](Cc3ccccc3Cl)[C@@H](O)C(=O)O)cn2)c(F)c1F. The van der Waals surface area contributed by atoms with Crippen molar-refractivity contribution in [2.75, 3.05) is 7.11 Å². The molecule has 2 aromatic carbocycles. The fourth-order valence-electron chi connectivity index (χ4n) is 3.16. The van der Waals surface area contributed by atoms with E-state index in [0.717, 1.165) is 0 Å². The minimum Gasteiger partial charge on any atom is -0.494 e. The van der Waals surface area contributed by atoms with Crippen LogP contribution in [-0.4, -0.2) is 51.1 Å².